The number of halogens is 1. The molecular weight excluding hydrogens is 412 g/mol. The van der Waals surface area contributed by atoms with Crippen molar-refractivity contribution >= 4 is 56.6 Å². The van der Waals surface area contributed by atoms with E-state index in [9.17, 15) is 4.79 Å². The van der Waals surface area contributed by atoms with E-state index in [4.69, 9.17) is 21.6 Å². The predicted octanol–water partition coefficient (Wildman–Crippen LogP) is 4.63. The molecule has 1 N–H and O–H groups in total. The Morgan fingerprint density at radius 3 is 2.79 bits per heavy atom. The first-order valence-corrected chi connectivity index (χ1v) is 11.3. The second-order valence-electron chi connectivity index (χ2n) is 6.91. The van der Waals surface area contributed by atoms with E-state index in [1.54, 1.807) is 42.1 Å². The molecule has 4 rings (SSSR count). The zero-order chi connectivity index (χ0) is 19.7. The summed E-state index contributed by atoms with van der Waals surface area (Å²) in [5.74, 6) is 2.24. The number of carbonyl (C=O) groups is 1. The molecule has 2 aromatic heterocycles. The second kappa shape index (κ2) is 8.27. The third-order valence-corrected chi connectivity index (χ3v) is 7.14. The van der Waals surface area contributed by atoms with Gasteiger partial charge in [0.25, 0.3) is 0 Å². The number of nitrogens with zero attached hydrogens (tertiary/aromatic N) is 3. The van der Waals surface area contributed by atoms with E-state index in [2.05, 4.69) is 5.32 Å². The lowest BCUT2D eigenvalue weighted by Crippen LogP contribution is -2.29. The number of benzene rings is 1. The topological polar surface area (TPSA) is 58.1 Å². The van der Waals surface area contributed by atoms with Crippen molar-refractivity contribution in [3.05, 3.63) is 45.6 Å². The van der Waals surface area contributed by atoms with Gasteiger partial charge in [-0.15, -0.1) is 23.1 Å². The number of anilines is 1. The van der Waals surface area contributed by atoms with Crippen LogP contribution in [0, 0.1) is 0 Å². The van der Waals surface area contributed by atoms with Crippen molar-refractivity contribution < 1.29 is 4.79 Å². The number of fused-ring (bicyclic) bond motifs is 3. The molecule has 0 radical (unpaired) electrons. The Morgan fingerprint density at radius 1 is 1.25 bits per heavy atom. The highest BCUT2D eigenvalue weighted by Crippen LogP contribution is 2.40. The Labute approximate surface area is 177 Å². The number of hydrogen-bond acceptors (Lipinski definition) is 6. The predicted molar refractivity (Wildman–Crippen MR) is 118 cm³/mol. The van der Waals surface area contributed by atoms with Gasteiger partial charge in [-0.3, -0.25) is 4.79 Å². The van der Waals surface area contributed by atoms with Gasteiger partial charge in [-0.2, -0.15) is 0 Å². The minimum atomic E-state index is 0.0238. The second-order valence-corrected chi connectivity index (χ2v) is 9.48. The molecule has 1 aliphatic rings. The van der Waals surface area contributed by atoms with Gasteiger partial charge in [0.2, 0.25) is 5.91 Å². The molecule has 8 heteroatoms. The fraction of sp³-hybridized carbons (Fsp3) is 0.350. The van der Waals surface area contributed by atoms with E-state index in [-0.39, 0.29) is 12.5 Å². The smallest absolute Gasteiger partial charge is 0.241 e. The van der Waals surface area contributed by atoms with E-state index < -0.39 is 0 Å². The van der Waals surface area contributed by atoms with E-state index in [0.717, 1.165) is 44.6 Å². The number of nitrogens with one attached hydrogen (secondary N) is 1. The fourth-order valence-electron chi connectivity index (χ4n) is 3.23. The molecule has 0 saturated heterocycles. The van der Waals surface area contributed by atoms with Crippen molar-refractivity contribution in [2.45, 2.75) is 29.9 Å². The van der Waals surface area contributed by atoms with E-state index in [1.807, 2.05) is 24.3 Å². The number of aromatic nitrogens is 2. The number of carbonyl (C=O) groups excluding carboxylic acids is 1. The van der Waals surface area contributed by atoms with Gasteiger partial charge in [-0.1, -0.05) is 11.6 Å². The van der Waals surface area contributed by atoms with Gasteiger partial charge in [0, 0.05) is 28.9 Å². The van der Waals surface area contributed by atoms with Gasteiger partial charge >= 0.3 is 0 Å². The van der Waals surface area contributed by atoms with Gasteiger partial charge < -0.3 is 10.2 Å². The maximum absolute atomic E-state index is 12.1. The van der Waals surface area contributed by atoms with E-state index >= 15 is 0 Å². The molecule has 1 aliphatic carbocycles. The largest absolute Gasteiger partial charge is 0.360 e. The van der Waals surface area contributed by atoms with Crippen LogP contribution in [0.15, 0.2) is 29.2 Å². The minimum absolute atomic E-state index is 0.0238. The summed E-state index contributed by atoms with van der Waals surface area (Å²) >= 11 is 9.41. The third kappa shape index (κ3) is 4.11. The van der Waals surface area contributed by atoms with Crippen LogP contribution in [0.5, 0.6) is 0 Å². The number of aryl methyl sites for hydroxylation is 2. The fourth-order valence-corrected chi connectivity index (χ4v) is 5.39. The van der Waals surface area contributed by atoms with Crippen molar-refractivity contribution in [1.29, 1.82) is 0 Å². The van der Waals surface area contributed by atoms with Gasteiger partial charge in [0.1, 0.15) is 16.5 Å². The van der Waals surface area contributed by atoms with Crippen molar-refractivity contribution in [2.24, 2.45) is 0 Å². The van der Waals surface area contributed by atoms with Crippen LogP contribution in [0.4, 0.5) is 5.82 Å². The molecule has 1 aromatic carbocycles. The molecule has 5 nitrogen and oxygen atoms in total. The molecule has 2 heterocycles. The molecule has 146 valence electrons. The lowest BCUT2D eigenvalue weighted by Gasteiger charge is -2.13. The summed E-state index contributed by atoms with van der Waals surface area (Å²) in [6.45, 7) is 0.230. The van der Waals surface area contributed by atoms with Crippen molar-refractivity contribution in [1.82, 2.24) is 14.9 Å². The number of amides is 1. The summed E-state index contributed by atoms with van der Waals surface area (Å²) in [7, 11) is 3.52. The Kier molecular flexibility index (Phi) is 5.75. The number of rotatable bonds is 6. The summed E-state index contributed by atoms with van der Waals surface area (Å²) in [6, 6.07) is 7.77. The molecule has 0 spiro atoms. The molecule has 0 fully saturated rings. The quantitative estimate of drug-likeness (QED) is 0.575. The first kappa shape index (κ1) is 19.5. The normalized spacial score (nSPS) is 13.0. The van der Waals surface area contributed by atoms with Crippen LogP contribution in [0.3, 0.4) is 0 Å². The number of likely N-dealkylation sites (N-methyl/N-ethyl adjacent to an activating group) is 1. The SMILES string of the molecule is CN(C)C(=O)CNc1nc(CSc2ccc(Cl)cc2)nc2sc3c(c12)CCC3. The van der Waals surface area contributed by atoms with Crippen LogP contribution in [-0.2, 0) is 23.4 Å². The first-order valence-electron chi connectivity index (χ1n) is 9.15. The highest BCUT2D eigenvalue weighted by molar-refractivity contribution is 7.98. The number of hydrogen-bond donors (Lipinski definition) is 1. The van der Waals surface area contributed by atoms with Crippen LogP contribution in [0.1, 0.15) is 22.7 Å². The van der Waals surface area contributed by atoms with Crippen molar-refractivity contribution in [3.8, 4) is 0 Å². The zero-order valence-electron chi connectivity index (χ0n) is 15.8. The lowest BCUT2D eigenvalue weighted by atomic mass is 10.2. The number of thiophene rings is 1. The first-order chi connectivity index (χ1) is 13.5. The third-order valence-electron chi connectivity index (χ3n) is 4.70. The molecule has 1 amide bonds. The Balaban J connectivity index is 1.62. The average molecular weight is 433 g/mol. The summed E-state index contributed by atoms with van der Waals surface area (Å²) in [6.07, 6.45) is 3.36. The molecule has 0 saturated carbocycles. The van der Waals surface area contributed by atoms with Gasteiger partial charge in [-0.05, 0) is 49.1 Å². The molecule has 28 heavy (non-hydrogen) atoms. The summed E-state index contributed by atoms with van der Waals surface area (Å²) in [4.78, 5) is 26.8. The molecule has 0 bridgehead atoms. The molecular formula is C20H21ClN4OS2. The molecule has 0 aliphatic heterocycles. The Bertz CT molecular complexity index is 1020. The van der Waals surface area contributed by atoms with Gasteiger partial charge in [0.05, 0.1) is 17.7 Å². The van der Waals surface area contributed by atoms with Crippen LogP contribution >= 0.6 is 34.7 Å². The maximum atomic E-state index is 12.1. The van der Waals surface area contributed by atoms with Crippen LogP contribution in [0.25, 0.3) is 10.2 Å². The van der Waals surface area contributed by atoms with E-state index in [1.165, 1.54) is 16.9 Å². The van der Waals surface area contributed by atoms with Gasteiger partial charge in [0.15, 0.2) is 0 Å². The highest BCUT2D eigenvalue weighted by atomic mass is 35.5. The Morgan fingerprint density at radius 2 is 2.04 bits per heavy atom. The van der Waals surface area contributed by atoms with E-state index in [0.29, 0.717) is 5.75 Å². The van der Waals surface area contributed by atoms with Crippen LogP contribution in [0.2, 0.25) is 5.02 Å². The van der Waals surface area contributed by atoms with Crippen molar-refractivity contribution in [3.63, 3.8) is 0 Å². The van der Waals surface area contributed by atoms with Crippen LogP contribution < -0.4 is 5.32 Å². The molecule has 0 unspecified atom stereocenters. The summed E-state index contributed by atoms with van der Waals surface area (Å²) in [5.41, 5.74) is 1.36. The van der Waals surface area contributed by atoms with Crippen molar-refractivity contribution in [2.75, 3.05) is 26.0 Å². The summed E-state index contributed by atoms with van der Waals surface area (Å²) < 4.78 is 0. The summed E-state index contributed by atoms with van der Waals surface area (Å²) in [5, 5.41) is 5.10. The zero-order valence-corrected chi connectivity index (χ0v) is 18.2. The number of thioether (sulfide) groups is 1. The lowest BCUT2D eigenvalue weighted by molar-refractivity contribution is -0.126. The minimum Gasteiger partial charge on any atom is -0.360 e. The maximum Gasteiger partial charge on any atom is 0.241 e. The average Bonchev–Trinajstić information content (AvgIpc) is 3.26. The van der Waals surface area contributed by atoms with Gasteiger partial charge in [-0.25, -0.2) is 9.97 Å². The van der Waals surface area contributed by atoms with Crippen LogP contribution in [-0.4, -0.2) is 41.4 Å². The Hall–Kier alpha value is -1.83. The standard InChI is InChI=1S/C20H21ClN4OS2/c1-25(2)17(26)10-22-19-18-14-4-3-5-15(14)28-20(18)24-16(23-19)11-27-13-8-6-12(21)7-9-13/h6-9H,3-5,10-11H2,1-2H3,(H,22,23,24). The molecule has 0 atom stereocenters. The highest BCUT2D eigenvalue weighted by Gasteiger charge is 2.22. The molecule has 3 aromatic rings. The monoisotopic (exact) mass is 432 g/mol.